The lowest BCUT2D eigenvalue weighted by Gasteiger charge is -2.36. The summed E-state index contributed by atoms with van der Waals surface area (Å²) in [6.45, 7) is 1.21. The normalized spacial score (nSPS) is 16.6. The molecule has 6 nitrogen and oxygen atoms in total. The number of piperidine rings is 1. The first-order chi connectivity index (χ1) is 15.6. The number of likely N-dealkylation sites (tertiary alicyclic amines) is 1. The maximum Gasteiger partial charge on any atom is 0.227 e. The second-order valence-corrected chi connectivity index (χ2v) is 8.05. The Bertz CT molecular complexity index is 1290. The number of anilines is 1. The van der Waals surface area contributed by atoms with Crippen LogP contribution in [0.15, 0.2) is 53.3 Å². The number of hydrogen-bond acceptors (Lipinski definition) is 5. The van der Waals surface area contributed by atoms with Crippen LogP contribution in [0.4, 0.5) is 14.6 Å². The van der Waals surface area contributed by atoms with Crippen molar-refractivity contribution < 1.29 is 18.0 Å². The third-order valence-corrected chi connectivity index (χ3v) is 5.98. The van der Waals surface area contributed by atoms with Crippen molar-refractivity contribution in [3.63, 3.8) is 0 Å². The predicted octanol–water partition coefficient (Wildman–Crippen LogP) is 4.69. The number of benzene rings is 2. The summed E-state index contributed by atoms with van der Waals surface area (Å²) in [6.07, 6.45) is 6.34. The molecule has 1 N–H and O–H groups in total. The van der Waals surface area contributed by atoms with Gasteiger partial charge in [0.2, 0.25) is 5.91 Å². The number of aromatic nitrogens is 2. The van der Waals surface area contributed by atoms with Gasteiger partial charge in [0, 0.05) is 36.7 Å². The van der Waals surface area contributed by atoms with Gasteiger partial charge in [0.05, 0.1) is 29.9 Å². The van der Waals surface area contributed by atoms with Crippen molar-refractivity contribution in [2.24, 2.45) is 0 Å². The molecule has 1 unspecified atom stereocenters. The quantitative estimate of drug-likeness (QED) is 0.492. The molecule has 1 atom stereocenters. The Hall–Kier alpha value is -3.55. The molecule has 1 aliphatic heterocycles. The monoisotopic (exact) mass is 436 g/mol. The fraction of sp³-hybridized carbons (Fsp3) is 0.292. The van der Waals surface area contributed by atoms with E-state index in [1.807, 2.05) is 29.2 Å². The largest absolute Gasteiger partial charge is 0.464 e. The summed E-state index contributed by atoms with van der Waals surface area (Å²) in [4.78, 5) is 23.6. The Balaban J connectivity index is 1.29. The van der Waals surface area contributed by atoms with E-state index in [2.05, 4.69) is 15.3 Å². The Labute approximate surface area is 183 Å². The zero-order valence-corrected chi connectivity index (χ0v) is 17.4. The molecule has 164 valence electrons. The zero-order chi connectivity index (χ0) is 22.1. The van der Waals surface area contributed by atoms with E-state index in [-0.39, 0.29) is 23.0 Å². The van der Waals surface area contributed by atoms with Gasteiger partial charge in [-0.05, 0) is 37.0 Å². The van der Waals surface area contributed by atoms with Gasteiger partial charge in [-0.15, -0.1) is 0 Å². The average Bonchev–Trinajstić information content (AvgIpc) is 3.29. The highest BCUT2D eigenvalue weighted by molar-refractivity contribution is 5.87. The number of fused-ring (bicyclic) bond motifs is 2. The minimum absolute atomic E-state index is 0.0160. The van der Waals surface area contributed by atoms with Gasteiger partial charge in [-0.1, -0.05) is 12.1 Å². The lowest BCUT2D eigenvalue weighted by atomic mass is 10.00. The van der Waals surface area contributed by atoms with Crippen LogP contribution in [0.2, 0.25) is 0 Å². The number of carbonyl (C=O) groups is 1. The topological polar surface area (TPSA) is 71.3 Å². The van der Waals surface area contributed by atoms with E-state index in [9.17, 15) is 13.6 Å². The molecule has 2 aromatic heterocycles. The molecule has 4 aromatic rings. The molecule has 0 bridgehead atoms. The molecule has 3 heterocycles. The number of hydrogen-bond donors (Lipinski definition) is 1. The molecule has 1 saturated heterocycles. The van der Waals surface area contributed by atoms with Crippen molar-refractivity contribution in [1.29, 1.82) is 0 Å². The molecule has 1 aliphatic rings. The van der Waals surface area contributed by atoms with E-state index in [1.165, 1.54) is 6.20 Å². The first-order valence-electron chi connectivity index (χ1n) is 10.7. The van der Waals surface area contributed by atoms with Crippen molar-refractivity contribution in [1.82, 2.24) is 14.9 Å². The molecule has 32 heavy (non-hydrogen) atoms. The highest BCUT2D eigenvalue weighted by atomic mass is 19.2. The summed E-state index contributed by atoms with van der Waals surface area (Å²) in [5.41, 5.74) is 2.29. The van der Waals surface area contributed by atoms with E-state index in [1.54, 1.807) is 6.26 Å². The first-order valence-corrected chi connectivity index (χ1v) is 10.7. The SMILES string of the molecule is O=C(Cc1cccc2occc12)N1CCCCC1CNc1cnc2cc(F)c(F)cc2n1. The summed E-state index contributed by atoms with van der Waals surface area (Å²) in [5.74, 6) is -1.37. The third-order valence-electron chi connectivity index (χ3n) is 5.98. The van der Waals surface area contributed by atoms with E-state index in [0.717, 1.165) is 47.9 Å². The number of amides is 1. The fourth-order valence-corrected chi connectivity index (χ4v) is 4.33. The van der Waals surface area contributed by atoms with Crippen molar-refractivity contribution in [3.8, 4) is 0 Å². The Kier molecular flexibility index (Phi) is 5.43. The summed E-state index contributed by atoms with van der Waals surface area (Å²) in [7, 11) is 0. The van der Waals surface area contributed by atoms with Crippen molar-refractivity contribution in [2.45, 2.75) is 31.7 Å². The van der Waals surface area contributed by atoms with Gasteiger partial charge in [-0.25, -0.2) is 13.8 Å². The maximum atomic E-state index is 13.5. The van der Waals surface area contributed by atoms with E-state index in [4.69, 9.17) is 4.42 Å². The molecule has 0 aliphatic carbocycles. The first kappa shape index (κ1) is 20.4. The zero-order valence-electron chi connectivity index (χ0n) is 17.4. The fourth-order valence-electron chi connectivity index (χ4n) is 4.33. The van der Waals surface area contributed by atoms with Crippen LogP contribution < -0.4 is 5.32 Å². The van der Waals surface area contributed by atoms with Crippen LogP contribution in [0.25, 0.3) is 22.0 Å². The van der Waals surface area contributed by atoms with E-state index < -0.39 is 11.6 Å². The summed E-state index contributed by atoms with van der Waals surface area (Å²) >= 11 is 0. The Morgan fingerprint density at radius 1 is 1.16 bits per heavy atom. The smallest absolute Gasteiger partial charge is 0.227 e. The number of rotatable bonds is 5. The Morgan fingerprint density at radius 3 is 2.88 bits per heavy atom. The molecule has 0 spiro atoms. The van der Waals surface area contributed by atoms with Crippen LogP contribution in [0.1, 0.15) is 24.8 Å². The van der Waals surface area contributed by atoms with Crippen molar-refractivity contribution >= 4 is 33.7 Å². The van der Waals surface area contributed by atoms with Crippen LogP contribution in [0.3, 0.4) is 0 Å². The summed E-state index contributed by atoms with van der Waals surface area (Å²) in [5, 5.41) is 4.18. The standard InChI is InChI=1S/C24H22F2N4O2/c25-18-11-20-21(12-19(18)26)29-23(14-27-20)28-13-16-5-1-2-8-30(16)24(31)10-15-4-3-6-22-17(15)7-9-32-22/h3-4,6-7,9,11-12,14,16H,1-2,5,8,10,13H2,(H,28,29). The van der Waals surface area contributed by atoms with Gasteiger partial charge in [0.15, 0.2) is 11.6 Å². The highest BCUT2D eigenvalue weighted by Crippen LogP contribution is 2.24. The second-order valence-electron chi connectivity index (χ2n) is 8.05. The lowest BCUT2D eigenvalue weighted by molar-refractivity contribution is -0.133. The van der Waals surface area contributed by atoms with Gasteiger partial charge >= 0.3 is 0 Å². The molecule has 0 radical (unpaired) electrons. The molecule has 8 heteroatoms. The second kappa shape index (κ2) is 8.53. The summed E-state index contributed by atoms with van der Waals surface area (Å²) in [6, 6.07) is 9.72. The molecular weight excluding hydrogens is 414 g/mol. The number of halogens is 2. The molecule has 5 rings (SSSR count). The van der Waals surface area contributed by atoms with Crippen molar-refractivity contribution in [2.75, 3.05) is 18.4 Å². The van der Waals surface area contributed by atoms with Crippen LogP contribution in [0.5, 0.6) is 0 Å². The third kappa shape index (κ3) is 4.00. The predicted molar refractivity (Wildman–Crippen MR) is 117 cm³/mol. The number of nitrogens with zero attached hydrogens (tertiary/aromatic N) is 3. The minimum Gasteiger partial charge on any atom is -0.464 e. The van der Waals surface area contributed by atoms with Crippen LogP contribution >= 0.6 is 0 Å². The van der Waals surface area contributed by atoms with Gasteiger partial charge in [0.1, 0.15) is 11.4 Å². The van der Waals surface area contributed by atoms with E-state index >= 15 is 0 Å². The minimum atomic E-state index is -0.958. The van der Waals surface area contributed by atoms with E-state index in [0.29, 0.717) is 25.3 Å². The molecular formula is C24H22F2N4O2. The number of furan rings is 1. The molecule has 0 saturated carbocycles. The van der Waals surface area contributed by atoms with Gasteiger partial charge in [-0.2, -0.15) is 0 Å². The van der Waals surface area contributed by atoms with Crippen molar-refractivity contribution in [3.05, 3.63) is 66.1 Å². The van der Waals surface area contributed by atoms with Crippen LogP contribution in [-0.4, -0.2) is 39.9 Å². The number of carbonyl (C=O) groups excluding carboxylic acids is 1. The molecule has 1 fully saturated rings. The molecule has 2 aromatic carbocycles. The van der Waals surface area contributed by atoms with Gasteiger partial charge in [0.25, 0.3) is 0 Å². The Morgan fingerprint density at radius 2 is 2.00 bits per heavy atom. The molecule has 1 amide bonds. The van der Waals surface area contributed by atoms with Gasteiger partial charge < -0.3 is 14.6 Å². The highest BCUT2D eigenvalue weighted by Gasteiger charge is 2.27. The van der Waals surface area contributed by atoms with Gasteiger partial charge in [-0.3, -0.25) is 9.78 Å². The van der Waals surface area contributed by atoms with Crippen LogP contribution in [0, 0.1) is 11.6 Å². The number of nitrogens with one attached hydrogen (secondary N) is 1. The van der Waals surface area contributed by atoms with Crippen LogP contribution in [-0.2, 0) is 11.2 Å². The summed E-state index contributed by atoms with van der Waals surface area (Å²) < 4.78 is 32.4. The maximum absolute atomic E-state index is 13.5. The lowest BCUT2D eigenvalue weighted by Crippen LogP contribution is -2.47. The average molecular weight is 436 g/mol.